The van der Waals surface area contributed by atoms with Gasteiger partial charge in [0.05, 0.1) is 0 Å². The minimum atomic E-state index is 1.13. The van der Waals surface area contributed by atoms with Crippen molar-refractivity contribution in [3.63, 3.8) is 0 Å². The SMILES string of the molecule is CCCCCc1cc(N2CCCC2)ccn1. The number of hydrogen-bond donors (Lipinski definition) is 0. The second kappa shape index (κ2) is 5.88. The van der Waals surface area contributed by atoms with E-state index in [-0.39, 0.29) is 0 Å². The van der Waals surface area contributed by atoms with E-state index in [9.17, 15) is 0 Å². The van der Waals surface area contributed by atoms with E-state index in [2.05, 4.69) is 28.9 Å². The zero-order valence-electron chi connectivity index (χ0n) is 10.3. The molecule has 0 amide bonds. The maximum Gasteiger partial charge on any atom is 0.0424 e. The lowest BCUT2D eigenvalue weighted by Gasteiger charge is -2.17. The number of nitrogens with zero attached hydrogens (tertiary/aromatic N) is 2. The summed E-state index contributed by atoms with van der Waals surface area (Å²) < 4.78 is 0. The van der Waals surface area contributed by atoms with Crippen LogP contribution in [-0.4, -0.2) is 18.1 Å². The van der Waals surface area contributed by atoms with Crippen LogP contribution in [0.25, 0.3) is 0 Å². The van der Waals surface area contributed by atoms with Crippen LogP contribution in [0, 0.1) is 0 Å². The minimum absolute atomic E-state index is 1.13. The molecule has 0 N–H and O–H groups in total. The highest BCUT2D eigenvalue weighted by Gasteiger charge is 2.12. The van der Waals surface area contributed by atoms with Gasteiger partial charge in [-0.15, -0.1) is 0 Å². The first-order valence-corrected chi connectivity index (χ1v) is 6.60. The van der Waals surface area contributed by atoms with Gasteiger partial charge in [-0.3, -0.25) is 4.98 Å². The summed E-state index contributed by atoms with van der Waals surface area (Å²) in [6.45, 7) is 4.69. The summed E-state index contributed by atoms with van der Waals surface area (Å²) in [6.07, 6.45) is 9.65. The molecule has 0 saturated carbocycles. The standard InChI is InChI=1S/C14H22N2/c1-2-3-4-7-13-12-14(8-9-15-13)16-10-5-6-11-16/h8-9,12H,2-7,10-11H2,1H3. The molecular formula is C14H22N2. The van der Waals surface area contributed by atoms with E-state index in [1.54, 1.807) is 0 Å². The van der Waals surface area contributed by atoms with Gasteiger partial charge in [-0.2, -0.15) is 0 Å². The number of aryl methyl sites for hydroxylation is 1. The number of aromatic nitrogens is 1. The Hall–Kier alpha value is -1.05. The van der Waals surface area contributed by atoms with Gasteiger partial charge in [-0.1, -0.05) is 19.8 Å². The van der Waals surface area contributed by atoms with E-state index < -0.39 is 0 Å². The molecule has 2 heterocycles. The molecule has 2 heteroatoms. The van der Waals surface area contributed by atoms with Crippen LogP contribution in [0.3, 0.4) is 0 Å². The van der Waals surface area contributed by atoms with Gasteiger partial charge in [0.25, 0.3) is 0 Å². The van der Waals surface area contributed by atoms with Crippen molar-refractivity contribution in [3.8, 4) is 0 Å². The molecule has 0 aromatic carbocycles. The number of unbranched alkanes of at least 4 members (excludes halogenated alkanes) is 2. The lowest BCUT2D eigenvalue weighted by molar-refractivity contribution is 0.707. The lowest BCUT2D eigenvalue weighted by Crippen LogP contribution is -2.17. The smallest absolute Gasteiger partial charge is 0.0424 e. The van der Waals surface area contributed by atoms with Crippen molar-refractivity contribution in [3.05, 3.63) is 24.0 Å². The van der Waals surface area contributed by atoms with Crippen LogP contribution in [0.5, 0.6) is 0 Å². The fraction of sp³-hybridized carbons (Fsp3) is 0.643. The molecule has 1 fully saturated rings. The molecule has 2 rings (SSSR count). The fourth-order valence-corrected chi connectivity index (χ4v) is 2.33. The molecule has 0 bridgehead atoms. The van der Waals surface area contributed by atoms with Gasteiger partial charge < -0.3 is 4.90 Å². The monoisotopic (exact) mass is 218 g/mol. The average Bonchev–Trinajstić information content (AvgIpc) is 2.83. The summed E-state index contributed by atoms with van der Waals surface area (Å²) in [5.74, 6) is 0. The number of anilines is 1. The van der Waals surface area contributed by atoms with Crippen LogP contribution in [0.15, 0.2) is 18.3 Å². The molecule has 0 unspecified atom stereocenters. The van der Waals surface area contributed by atoms with Gasteiger partial charge in [0.1, 0.15) is 0 Å². The number of hydrogen-bond acceptors (Lipinski definition) is 2. The van der Waals surface area contributed by atoms with Crippen LogP contribution in [0.1, 0.15) is 44.7 Å². The summed E-state index contributed by atoms with van der Waals surface area (Å²) in [7, 11) is 0. The van der Waals surface area contributed by atoms with E-state index in [1.807, 2.05) is 6.20 Å². The number of rotatable bonds is 5. The van der Waals surface area contributed by atoms with Gasteiger partial charge in [-0.25, -0.2) is 0 Å². The van der Waals surface area contributed by atoms with E-state index in [1.165, 1.54) is 56.6 Å². The predicted octanol–water partition coefficient (Wildman–Crippen LogP) is 3.41. The Morgan fingerprint density at radius 2 is 2.06 bits per heavy atom. The summed E-state index contributed by atoms with van der Waals surface area (Å²) >= 11 is 0. The van der Waals surface area contributed by atoms with Gasteiger partial charge in [0, 0.05) is 30.7 Å². The highest BCUT2D eigenvalue weighted by molar-refractivity contribution is 5.47. The fourth-order valence-electron chi connectivity index (χ4n) is 2.33. The molecule has 0 spiro atoms. The van der Waals surface area contributed by atoms with Crippen molar-refractivity contribution in [2.45, 2.75) is 45.4 Å². The Morgan fingerprint density at radius 1 is 1.25 bits per heavy atom. The molecule has 0 atom stereocenters. The van der Waals surface area contributed by atoms with Crippen LogP contribution < -0.4 is 4.90 Å². The molecule has 0 aliphatic carbocycles. The first-order valence-electron chi connectivity index (χ1n) is 6.60. The van der Waals surface area contributed by atoms with Crippen molar-refractivity contribution < 1.29 is 0 Å². The molecule has 1 aromatic heterocycles. The Kier molecular flexibility index (Phi) is 4.20. The van der Waals surface area contributed by atoms with Crippen molar-refractivity contribution in [2.75, 3.05) is 18.0 Å². The second-order valence-corrected chi connectivity index (χ2v) is 4.66. The Morgan fingerprint density at radius 3 is 2.81 bits per heavy atom. The molecule has 1 saturated heterocycles. The summed E-state index contributed by atoms with van der Waals surface area (Å²) in [4.78, 5) is 6.93. The largest absolute Gasteiger partial charge is 0.371 e. The number of pyridine rings is 1. The Balaban J connectivity index is 1.95. The van der Waals surface area contributed by atoms with E-state index in [0.29, 0.717) is 0 Å². The van der Waals surface area contributed by atoms with Gasteiger partial charge >= 0.3 is 0 Å². The van der Waals surface area contributed by atoms with Crippen molar-refractivity contribution in [1.82, 2.24) is 4.98 Å². The highest BCUT2D eigenvalue weighted by atomic mass is 15.1. The topological polar surface area (TPSA) is 16.1 Å². The third-order valence-electron chi connectivity index (χ3n) is 3.31. The summed E-state index contributed by atoms with van der Waals surface area (Å²) in [6, 6.07) is 4.43. The highest BCUT2D eigenvalue weighted by Crippen LogP contribution is 2.20. The molecule has 1 aromatic rings. The summed E-state index contributed by atoms with van der Waals surface area (Å²) in [5.41, 5.74) is 2.64. The molecule has 1 aliphatic rings. The predicted molar refractivity (Wildman–Crippen MR) is 68.9 cm³/mol. The molecular weight excluding hydrogens is 196 g/mol. The zero-order valence-corrected chi connectivity index (χ0v) is 10.3. The van der Waals surface area contributed by atoms with Gasteiger partial charge in [0.15, 0.2) is 0 Å². The average molecular weight is 218 g/mol. The second-order valence-electron chi connectivity index (χ2n) is 4.66. The van der Waals surface area contributed by atoms with Crippen LogP contribution in [-0.2, 0) is 6.42 Å². The third-order valence-corrected chi connectivity index (χ3v) is 3.31. The minimum Gasteiger partial charge on any atom is -0.371 e. The Bertz CT molecular complexity index is 316. The maximum absolute atomic E-state index is 4.46. The van der Waals surface area contributed by atoms with E-state index >= 15 is 0 Å². The van der Waals surface area contributed by atoms with Crippen LogP contribution in [0.2, 0.25) is 0 Å². The first-order chi connectivity index (χ1) is 7.90. The summed E-state index contributed by atoms with van der Waals surface area (Å²) in [5, 5.41) is 0. The third kappa shape index (κ3) is 2.97. The molecule has 16 heavy (non-hydrogen) atoms. The van der Waals surface area contributed by atoms with Gasteiger partial charge in [0.2, 0.25) is 0 Å². The van der Waals surface area contributed by atoms with Crippen molar-refractivity contribution >= 4 is 5.69 Å². The van der Waals surface area contributed by atoms with E-state index in [4.69, 9.17) is 0 Å². The molecule has 1 aliphatic heterocycles. The van der Waals surface area contributed by atoms with Crippen molar-refractivity contribution in [2.24, 2.45) is 0 Å². The molecule has 2 nitrogen and oxygen atoms in total. The Labute approximate surface area is 98.7 Å². The normalized spacial score (nSPS) is 15.7. The van der Waals surface area contributed by atoms with Crippen LogP contribution >= 0.6 is 0 Å². The van der Waals surface area contributed by atoms with Crippen LogP contribution in [0.4, 0.5) is 5.69 Å². The zero-order chi connectivity index (χ0) is 11.2. The molecule has 0 radical (unpaired) electrons. The van der Waals surface area contributed by atoms with Gasteiger partial charge in [-0.05, 0) is 37.8 Å². The lowest BCUT2D eigenvalue weighted by atomic mass is 10.1. The first kappa shape index (κ1) is 11.4. The maximum atomic E-state index is 4.46. The molecule has 88 valence electrons. The van der Waals surface area contributed by atoms with E-state index in [0.717, 1.165) is 6.42 Å². The quantitative estimate of drug-likeness (QED) is 0.704. The van der Waals surface area contributed by atoms with Crippen molar-refractivity contribution in [1.29, 1.82) is 0 Å².